The van der Waals surface area contributed by atoms with E-state index in [2.05, 4.69) is 9.71 Å². The molecule has 2 atom stereocenters. The van der Waals surface area contributed by atoms with Crippen LogP contribution in [-0.4, -0.2) is 59.8 Å². The Bertz CT molecular complexity index is 1080. The van der Waals surface area contributed by atoms with Crippen molar-refractivity contribution >= 4 is 27.3 Å². The number of sulfonamides is 1. The predicted molar refractivity (Wildman–Crippen MR) is 112 cm³/mol. The van der Waals surface area contributed by atoms with Crippen LogP contribution in [0.1, 0.15) is 31.4 Å². The van der Waals surface area contributed by atoms with Crippen LogP contribution in [0.25, 0.3) is 10.6 Å². The van der Waals surface area contributed by atoms with E-state index in [-0.39, 0.29) is 12.3 Å². The van der Waals surface area contributed by atoms with E-state index in [1.54, 1.807) is 10.3 Å². The zero-order valence-electron chi connectivity index (χ0n) is 16.8. The molecule has 1 amide bonds. The monoisotopic (exact) mass is 471 g/mol. The number of aliphatic hydroxyl groups is 1. The number of nitrogens with one attached hydrogen (secondary N) is 1. The summed E-state index contributed by atoms with van der Waals surface area (Å²) in [4.78, 5) is 19.0. The molecule has 2 aliphatic rings. The van der Waals surface area contributed by atoms with Crippen molar-refractivity contribution < 1.29 is 27.1 Å². The van der Waals surface area contributed by atoms with E-state index >= 15 is 0 Å². The van der Waals surface area contributed by atoms with E-state index in [0.29, 0.717) is 42.1 Å². The van der Waals surface area contributed by atoms with Crippen molar-refractivity contribution in [1.82, 2.24) is 14.6 Å². The summed E-state index contributed by atoms with van der Waals surface area (Å²) in [6.45, 7) is 0.325. The maximum absolute atomic E-state index is 13.6. The number of benzene rings is 1. The minimum absolute atomic E-state index is 0.253. The molecule has 1 aromatic carbocycles. The maximum Gasteiger partial charge on any atom is 0.254 e. The molecule has 2 fully saturated rings. The van der Waals surface area contributed by atoms with Gasteiger partial charge in [-0.2, -0.15) is 0 Å². The van der Waals surface area contributed by atoms with Crippen LogP contribution < -0.4 is 4.72 Å². The van der Waals surface area contributed by atoms with Crippen molar-refractivity contribution in [2.45, 2.75) is 49.8 Å². The third kappa shape index (κ3) is 4.79. The second-order valence-electron chi connectivity index (χ2n) is 8.24. The van der Waals surface area contributed by atoms with Crippen molar-refractivity contribution in [2.75, 3.05) is 12.8 Å². The minimum Gasteiger partial charge on any atom is -0.380 e. The number of carbonyl (C=O) groups excluding carboxylic acids is 1. The van der Waals surface area contributed by atoms with E-state index < -0.39 is 39.3 Å². The molecule has 11 heteroatoms. The Morgan fingerprint density at radius 2 is 2.00 bits per heavy atom. The number of carbonyl (C=O) groups is 1. The van der Waals surface area contributed by atoms with Crippen molar-refractivity contribution in [3.8, 4) is 10.6 Å². The van der Waals surface area contributed by atoms with Crippen LogP contribution >= 0.6 is 11.3 Å². The SMILES string of the molecule is CS(=O)(=O)N[C@H]1CCN(C(=O)C2(O)CCC2)[C@H]1Cc1csc(-c2cc(F)cc(F)c2)n1. The van der Waals surface area contributed by atoms with Gasteiger partial charge in [0.2, 0.25) is 10.0 Å². The number of halogens is 2. The first kappa shape index (κ1) is 22.3. The summed E-state index contributed by atoms with van der Waals surface area (Å²) in [5.41, 5.74) is -0.497. The molecule has 1 aliphatic carbocycles. The lowest BCUT2D eigenvalue weighted by atomic mass is 9.79. The van der Waals surface area contributed by atoms with Crippen LogP contribution in [0.3, 0.4) is 0 Å². The number of aromatic nitrogens is 1. The van der Waals surface area contributed by atoms with Crippen LogP contribution in [0.4, 0.5) is 8.78 Å². The molecule has 0 radical (unpaired) electrons. The van der Waals surface area contributed by atoms with Gasteiger partial charge in [0.1, 0.15) is 22.2 Å². The van der Waals surface area contributed by atoms with E-state index in [1.807, 2.05) is 0 Å². The lowest BCUT2D eigenvalue weighted by Gasteiger charge is -2.40. The Kier molecular flexibility index (Phi) is 5.88. The van der Waals surface area contributed by atoms with Gasteiger partial charge in [0.05, 0.1) is 18.0 Å². The van der Waals surface area contributed by atoms with Gasteiger partial charge in [0.15, 0.2) is 0 Å². The summed E-state index contributed by atoms with van der Waals surface area (Å²) in [6.07, 6.45) is 3.30. The van der Waals surface area contributed by atoms with E-state index in [4.69, 9.17) is 0 Å². The highest BCUT2D eigenvalue weighted by atomic mass is 32.2. The zero-order chi connectivity index (χ0) is 22.4. The first-order valence-electron chi connectivity index (χ1n) is 9.96. The molecule has 0 bridgehead atoms. The largest absolute Gasteiger partial charge is 0.380 e. The number of hydrogen-bond donors (Lipinski definition) is 2. The lowest BCUT2D eigenvalue weighted by molar-refractivity contribution is -0.161. The molecular weight excluding hydrogens is 448 g/mol. The Hall–Kier alpha value is -1.95. The van der Waals surface area contributed by atoms with Crippen molar-refractivity contribution in [2.24, 2.45) is 0 Å². The first-order chi connectivity index (χ1) is 14.5. The summed E-state index contributed by atoms with van der Waals surface area (Å²) in [7, 11) is -3.51. The summed E-state index contributed by atoms with van der Waals surface area (Å²) >= 11 is 1.21. The van der Waals surface area contributed by atoms with Gasteiger partial charge < -0.3 is 10.0 Å². The number of amides is 1. The summed E-state index contributed by atoms with van der Waals surface area (Å²) in [6, 6.07) is 2.13. The Labute approximate surface area is 183 Å². The lowest BCUT2D eigenvalue weighted by Crippen LogP contribution is -2.57. The van der Waals surface area contributed by atoms with E-state index in [9.17, 15) is 27.1 Å². The molecule has 1 saturated heterocycles. The van der Waals surface area contributed by atoms with Gasteiger partial charge in [-0.05, 0) is 37.8 Å². The predicted octanol–water partition coefficient (Wildman–Crippen LogP) is 2.06. The van der Waals surface area contributed by atoms with Gasteiger partial charge in [0, 0.05) is 36.0 Å². The van der Waals surface area contributed by atoms with Gasteiger partial charge in [-0.25, -0.2) is 26.9 Å². The van der Waals surface area contributed by atoms with Crippen LogP contribution in [0.15, 0.2) is 23.6 Å². The average molecular weight is 472 g/mol. The molecular formula is C20H23F2N3O4S2. The van der Waals surface area contributed by atoms with Crippen molar-refractivity contribution in [3.63, 3.8) is 0 Å². The summed E-state index contributed by atoms with van der Waals surface area (Å²) < 4.78 is 53.4. The molecule has 168 valence electrons. The van der Waals surface area contributed by atoms with Crippen LogP contribution in [0.2, 0.25) is 0 Å². The van der Waals surface area contributed by atoms with Crippen molar-refractivity contribution in [3.05, 3.63) is 40.9 Å². The smallest absolute Gasteiger partial charge is 0.254 e. The Morgan fingerprint density at radius 1 is 1.32 bits per heavy atom. The molecule has 31 heavy (non-hydrogen) atoms. The maximum atomic E-state index is 13.6. The van der Waals surface area contributed by atoms with Gasteiger partial charge in [0.25, 0.3) is 5.91 Å². The van der Waals surface area contributed by atoms with Gasteiger partial charge in [-0.1, -0.05) is 0 Å². The topological polar surface area (TPSA) is 99.6 Å². The third-order valence-electron chi connectivity index (χ3n) is 5.83. The number of nitrogens with zero attached hydrogens (tertiary/aromatic N) is 2. The molecule has 0 unspecified atom stereocenters. The standard InChI is InChI=1S/C20H23F2N3O4S2/c1-31(28,29)24-16-3-6-25(19(26)20(27)4-2-5-20)17(16)10-15-11-30-18(23-15)12-7-13(21)9-14(22)8-12/h7-9,11,16-17,24,27H,2-6,10H2,1H3/t16-,17-/m0/s1. The molecule has 2 N–H and O–H groups in total. The molecule has 1 aliphatic heterocycles. The highest BCUT2D eigenvalue weighted by Gasteiger charge is 2.49. The zero-order valence-corrected chi connectivity index (χ0v) is 18.5. The molecule has 1 saturated carbocycles. The van der Waals surface area contributed by atoms with Gasteiger partial charge in [-0.15, -0.1) is 11.3 Å². The van der Waals surface area contributed by atoms with Gasteiger partial charge >= 0.3 is 0 Å². The van der Waals surface area contributed by atoms with E-state index in [0.717, 1.165) is 18.7 Å². The molecule has 1 aromatic heterocycles. The second kappa shape index (κ2) is 8.19. The Balaban J connectivity index is 1.59. The summed E-state index contributed by atoms with van der Waals surface area (Å²) in [5.74, 6) is -1.79. The van der Waals surface area contributed by atoms with Gasteiger partial charge in [-0.3, -0.25) is 4.79 Å². The molecule has 7 nitrogen and oxygen atoms in total. The normalized spacial score (nSPS) is 23.0. The fourth-order valence-corrected chi connectivity index (χ4v) is 5.83. The summed E-state index contributed by atoms with van der Waals surface area (Å²) in [5, 5.41) is 12.7. The molecule has 2 aromatic rings. The number of hydrogen-bond acceptors (Lipinski definition) is 6. The minimum atomic E-state index is -3.51. The molecule has 4 rings (SSSR count). The number of thiazole rings is 1. The van der Waals surface area contributed by atoms with Crippen LogP contribution in [0.5, 0.6) is 0 Å². The number of likely N-dealkylation sites (tertiary alicyclic amines) is 1. The van der Waals surface area contributed by atoms with Crippen molar-refractivity contribution in [1.29, 1.82) is 0 Å². The average Bonchev–Trinajstić information content (AvgIpc) is 3.25. The number of rotatable bonds is 6. The highest BCUT2D eigenvalue weighted by molar-refractivity contribution is 7.88. The Morgan fingerprint density at radius 3 is 2.58 bits per heavy atom. The first-order valence-corrected chi connectivity index (χ1v) is 12.7. The fourth-order valence-electron chi connectivity index (χ4n) is 4.19. The molecule has 0 spiro atoms. The van der Waals surface area contributed by atoms with E-state index in [1.165, 1.54) is 23.5 Å². The quantitative estimate of drug-likeness (QED) is 0.672. The second-order valence-corrected chi connectivity index (χ2v) is 10.9. The van der Waals surface area contributed by atoms with Crippen LogP contribution in [0, 0.1) is 11.6 Å². The third-order valence-corrected chi connectivity index (χ3v) is 7.50. The highest BCUT2D eigenvalue weighted by Crippen LogP contribution is 2.36. The molecule has 2 heterocycles. The van der Waals surface area contributed by atoms with Crippen LogP contribution in [-0.2, 0) is 21.2 Å². The fraction of sp³-hybridized carbons (Fsp3) is 0.500.